The van der Waals surface area contributed by atoms with Crippen molar-refractivity contribution in [2.24, 2.45) is 0 Å². The van der Waals surface area contributed by atoms with Crippen LogP contribution in [0.25, 0.3) is 11.4 Å². The first-order valence-corrected chi connectivity index (χ1v) is 9.65. The SMILES string of the molecule is Fc1ccc(OCCSc2nnc(-c3cccnc3)n2Cc2ccco2)cc1. The molecule has 0 unspecified atom stereocenters. The summed E-state index contributed by atoms with van der Waals surface area (Å²) in [5.74, 6) is 2.56. The van der Waals surface area contributed by atoms with E-state index in [0.717, 1.165) is 22.3 Å². The number of furan rings is 1. The van der Waals surface area contributed by atoms with E-state index < -0.39 is 0 Å². The summed E-state index contributed by atoms with van der Waals surface area (Å²) in [6, 6.07) is 13.6. The average Bonchev–Trinajstić information content (AvgIpc) is 3.38. The molecule has 142 valence electrons. The van der Waals surface area contributed by atoms with Gasteiger partial charge in [0.25, 0.3) is 0 Å². The highest BCUT2D eigenvalue weighted by atomic mass is 32.2. The van der Waals surface area contributed by atoms with Crippen molar-refractivity contribution in [2.75, 3.05) is 12.4 Å². The first-order valence-electron chi connectivity index (χ1n) is 8.67. The monoisotopic (exact) mass is 396 g/mol. The van der Waals surface area contributed by atoms with Crippen LogP contribution in [-0.2, 0) is 6.54 Å². The number of benzene rings is 1. The van der Waals surface area contributed by atoms with Gasteiger partial charge in [0.2, 0.25) is 0 Å². The lowest BCUT2D eigenvalue weighted by Gasteiger charge is -2.09. The first-order chi connectivity index (χ1) is 13.8. The van der Waals surface area contributed by atoms with Crippen LogP contribution in [0, 0.1) is 5.82 Å². The van der Waals surface area contributed by atoms with Gasteiger partial charge in [-0.3, -0.25) is 9.55 Å². The predicted octanol–water partition coefficient (Wildman–Crippen LogP) is 4.29. The zero-order chi connectivity index (χ0) is 19.2. The van der Waals surface area contributed by atoms with Gasteiger partial charge in [-0.2, -0.15) is 0 Å². The van der Waals surface area contributed by atoms with Gasteiger partial charge in [-0.05, 0) is 48.5 Å². The second-order valence-corrected chi connectivity index (χ2v) is 6.93. The molecule has 0 atom stereocenters. The lowest BCUT2D eigenvalue weighted by molar-refractivity contribution is 0.343. The molecule has 1 aromatic carbocycles. The van der Waals surface area contributed by atoms with Crippen LogP contribution in [0.2, 0.25) is 0 Å². The summed E-state index contributed by atoms with van der Waals surface area (Å²) in [7, 11) is 0. The van der Waals surface area contributed by atoms with E-state index in [-0.39, 0.29) is 5.82 Å². The third-order valence-corrected chi connectivity index (χ3v) is 4.86. The summed E-state index contributed by atoms with van der Waals surface area (Å²) in [6.07, 6.45) is 5.13. The first kappa shape index (κ1) is 18.2. The van der Waals surface area contributed by atoms with E-state index in [4.69, 9.17) is 9.15 Å². The smallest absolute Gasteiger partial charge is 0.192 e. The van der Waals surface area contributed by atoms with Crippen molar-refractivity contribution in [3.05, 3.63) is 78.8 Å². The zero-order valence-electron chi connectivity index (χ0n) is 14.9. The van der Waals surface area contributed by atoms with Gasteiger partial charge >= 0.3 is 0 Å². The lowest BCUT2D eigenvalue weighted by atomic mass is 10.2. The van der Waals surface area contributed by atoms with Gasteiger partial charge in [0.1, 0.15) is 17.3 Å². The number of ether oxygens (including phenoxy) is 1. The summed E-state index contributed by atoms with van der Waals surface area (Å²) < 4.78 is 26.1. The quantitative estimate of drug-likeness (QED) is 0.327. The molecule has 0 aliphatic rings. The number of thioether (sulfide) groups is 1. The molecule has 0 saturated carbocycles. The van der Waals surface area contributed by atoms with E-state index in [0.29, 0.717) is 24.7 Å². The minimum atomic E-state index is -0.282. The Kier molecular flexibility index (Phi) is 5.67. The van der Waals surface area contributed by atoms with Crippen LogP contribution in [0.3, 0.4) is 0 Å². The molecule has 4 aromatic rings. The Bertz CT molecular complexity index is 1000. The highest BCUT2D eigenvalue weighted by Crippen LogP contribution is 2.25. The molecular formula is C20H17FN4O2S. The van der Waals surface area contributed by atoms with Gasteiger partial charge < -0.3 is 9.15 Å². The summed E-state index contributed by atoms with van der Waals surface area (Å²) in [5, 5.41) is 9.43. The number of hydrogen-bond acceptors (Lipinski definition) is 6. The van der Waals surface area contributed by atoms with E-state index in [1.165, 1.54) is 23.9 Å². The zero-order valence-corrected chi connectivity index (χ0v) is 15.7. The maximum absolute atomic E-state index is 12.9. The van der Waals surface area contributed by atoms with Gasteiger partial charge in [0.05, 0.1) is 19.4 Å². The number of aromatic nitrogens is 4. The van der Waals surface area contributed by atoms with Crippen molar-refractivity contribution >= 4 is 11.8 Å². The maximum atomic E-state index is 12.9. The fourth-order valence-corrected chi connectivity index (χ4v) is 3.38. The van der Waals surface area contributed by atoms with Crippen molar-refractivity contribution in [2.45, 2.75) is 11.7 Å². The summed E-state index contributed by atoms with van der Waals surface area (Å²) in [6.45, 7) is 0.984. The Labute approximate surface area is 165 Å². The largest absolute Gasteiger partial charge is 0.493 e. The molecule has 0 N–H and O–H groups in total. The van der Waals surface area contributed by atoms with Crippen LogP contribution in [0.1, 0.15) is 5.76 Å². The normalized spacial score (nSPS) is 10.9. The van der Waals surface area contributed by atoms with E-state index in [2.05, 4.69) is 15.2 Å². The molecule has 0 bridgehead atoms. The Morgan fingerprint density at radius 3 is 2.71 bits per heavy atom. The topological polar surface area (TPSA) is 66.0 Å². The van der Waals surface area contributed by atoms with Gasteiger partial charge in [-0.25, -0.2) is 4.39 Å². The number of pyridine rings is 1. The Balaban J connectivity index is 1.46. The number of nitrogens with zero attached hydrogens (tertiary/aromatic N) is 4. The van der Waals surface area contributed by atoms with Crippen LogP contribution >= 0.6 is 11.8 Å². The molecule has 8 heteroatoms. The van der Waals surface area contributed by atoms with Crippen molar-refractivity contribution in [1.29, 1.82) is 0 Å². The Morgan fingerprint density at radius 2 is 1.96 bits per heavy atom. The molecule has 0 saturated heterocycles. The third-order valence-electron chi connectivity index (χ3n) is 3.93. The molecular weight excluding hydrogens is 379 g/mol. The molecule has 0 aliphatic carbocycles. The number of halogens is 1. The molecule has 6 nitrogen and oxygen atoms in total. The highest BCUT2D eigenvalue weighted by molar-refractivity contribution is 7.99. The van der Waals surface area contributed by atoms with Gasteiger partial charge in [-0.15, -0.1) is 10.2 Å². The van der Waals surface area contributed by atoms with Gasteiger partial charge in [0, 0.05) is 23.7 Å². The standard InChI is InChI=1S/C20H17FN4O2S/c21-16-5-7-17(8-6-16)27-11-12-28-20-24-23-19(15-3-1-9-22-13-15)25(20)14-18-4-2-10-26-18/h1-10,13H,11-12,14H2. The second kappa shape index (κ2) is 8.71. The fraction of sp³-hybridized carbons (Fsp3) is 0.150. The van der Waals surface area contributed by atoms with Crippen molar-refractivity contribution < 1.29 is 13.5 Å². The molecule has 3 heterocycles. The molecule has 0 radical (unpaired) electrons. The summed E-state index contributed by atoms with van der Waals surface area (Å²) in [4.78, 5) is 4.17. The minimum Gasteiger partial charge on any atom is -0.493 e. The molecule has 0 amide bonds. The molecule has 28 heavy (non-hydrogen) atoms. The van der Waals surface area contributed by atoms with Gasteiger partial charge in [-0.1, -0.05) is 11.8 Å². The fourth-order valence-electron chi connectivity index (χ4n) is 2.63. The molecule has 0 spiro atoms. The molecule has 0 aliphatic heterocycles. The lowest BCUT2D eigenvalue weighted by Crippen LogP contribution is -2.05. The van der Waals surface area contributed by atoms with Crippen molar-refractivity contribution in [3.8, 4) is 17.1 Å². The second-order valence-electron chi connectivity index (χ2n) is 5.86. The molecule has 4 rings (SSSR count). The third kappa shape index (κ3) is 4.40. The van der Waals surface area contributed by atoms with E-state index in [9.17, 15) is 4.39 Å². The highest BCUT2D eigenvalue weighted by Gasteiger charge is 2.16. The van der Waals surface area contributed by atoms with E-state index >= 15 is 0 Å². The van der Waals surface area contributed by atoms with Crippen LogP contribution < -0.4 is 4.74 Å². The van der Waals surface area contributed by atoms with Crippen LogP contribution in [0.4, 0.5) is 4.39 Å². The van der Waals surface area contributed by atoms with Gasteiger partial charge in [0.15, 0.2) is 11.0 Å². The van der Waals surface area contributed by atoms with Crippen LogP contribution in [0.15, 0.2) is 76.8 Å². The summed E-state index contributed by atoms with van der Waals surface area (Å²) in [5.41, 5.74) is 0.885. The number of hydrogen-bond donors (Lipinski definition) is 0. The average molecular weight is 396 g/mol. The number of rotatable bonds is 8. The van der Waals surface area contributed by atoms with Crippen molar-refractivity contribution in [1.82, 2.24) is 19.7 Å². The molecule has 0 fully saturated rings. The van der Waals surface area contributed by atoms with E-state index in [1.807, 2.05) is 28.8 Å². The minimum absolute atomic E-state index is 0.282. The molecule has 3 aromatic heterocycles. The van der Waals surface area contributed by atoms with E-state index in [1.54, 1.807) is 30.8 Å². The Morgan fingerprint density at radius 1 is 1.07 bits per heavy atom. The van der Waals surface area contributed by atoms with Crippen LogP contribution in [-0.4, -0.2) is 32.1 Å². The Hall–Kier alpha value is -3.13. The predicted molar refractivity (Wildman–Crippen MR) is 104 cm³/mol. The summed E-state index contributed by atoms with van der Waals surface area (Å²) >= 11 is 1.53. The van der Waals surface area contributed by atoms with Crippen molar-refractivity contribution in [3.63, 3.8) is 0 Å². The maximum Gasteiger partial charge on any atom is 0.192 e. The van der Waals surface area contributed by atoms with Crippen LogP contribution in [0.5, 0.6) is 5.75 Å².